The second kappa shape index (κ2) is 9.10. The Morgan fingerprint density at radius 2 is 1.61 bits per heavy atom. The summed E-state index contributed by atoms with van der Waals surface area (Å²) in [7, 11) is 0. The van der Waals surface area contributed by atoms with E-state index in [1.54, 1.807) is 0 Å². The van der Waals surface area contributed by atoms with Gasteiger partial charge >= 0.3 is 5.97 Å². The van der Waals surface area contributed by atoms with Crippen LogP contribution in [0.4, 0.5) is 0 Å². The van der Waals surface area contributed by atoms with Crippen molar-refractivity contribution in [3.8, 4) is 0 Å². The van der Waals surface area contributed by atoms with Crippen LogP contribution in [-0.4, -0.2) is 11.6 Å². The second-order valence-corrected chi connectivity index (χ2v) is 8.14. The number of carbonyl (C=O) groups is 1. The molecule has 0 heterocycles. The van der Waals surface area contributed by atoms with E-state index in [0.717, 1.165) is 12.8 Å². The first kappa shape index (κ1) is 19.7. The van der Waals surface area contributed by atoms with Gasteiger partial charge in [-0.2, -0.15) is 0 Å². The number of rotatable bonds is 8. The third-order valence-electron chi connectivity index (χ3n) is 4.14. The SMILES string of the molecule is C[C@H](CCc1ccccc1)C[C@H](C)C[C@H](C)C(=O)OC(C)(C)C. The van der Waals surface area contributed by atoms with Gasteiger partial charge in [0.25, 0.3) is 0 Å². The summed E-state index contributed by atoms with van der Waals surface area (Å²) in [6, 6.07) is 10.7. The molecular formula is C21H34O2. The Bertz CT molecular complexity index is 458. The molecule has 0 aromatic heterocycles. The molecule has 0 saturated heterocycles. The van der Waals surface area contributed by atoms with E-state index in [9.17, 15) is 4.79 Å². The van der Waals surface area contributed by atoms with E-state index >= 15 is 0 Å². The fourth-order valence-corrected chi connectivity index (χ4v) is 3.06. The van der Waals surface area contributed by atoms with E-state index in [2.05, 4.69) is 44.2 Å². The highest BCUT2D eigenvalue weighted by Gasteiger charge is 2.23. The van der Waals surface area contributed by atoms with Gasteiger partial charge < -0.3 is 4.74 Å². The minimum atomic E-state index is -0.391. The molecule has 0 saturated carbocycles. The third kappa shape index (κ3) is 8.78. The minimum absolute atomic E-state index is 0.0226. The Labute approximate surface area is 142 Å². The fraction of sp³-hybridized carbons (Fsp3) is 0.667. The molecule has 0 bridgehead atoms. The van der Waals surface area contributed by atoms with Crippen LogP contribution < -0.4 is 0 Å². The van der Waals surface area contributed by atoms with Crippen molar-refractivity contribution in [2.24, 2.45) is 17.8 Å². The van der Waals surface area contributed by atoms with Gasteiger partial charge in [0, 0.05) is 0 Å². The molecule has 0 aliphatic heterocycles. The van der Waals surface area contributed by atoms with Crippen molar-refractivity contribution in [2.45, 2.75) is 72.8 Å². The monoisotopic (exact) mass is 318 g/mol. The number of hydrogen-bond donors (Lipinski definition) is 0. The Kier molecular flexibility index (Phi) is 7.81. The average Bonchev–Trinajstić information content (AvgIpc) is 2.44. The topological polar surface area (TPSA) is 26.3 Å². The maximum absolute atomic E-state index is 12.1. The third-order valence-corrected chi connectivity index (χ3v) is 4.14. The lowest BCUT2D eigenvalue weighted by atomic mass is 9.87. The quantitative estimate of drug-likeness (QED) is 0.579. The summed E-state index contributed by atoms with van der Waals surface area (Å²) in [5.74, 6) is 1.13. The summed E-state index contributed by atoms with van der Waals surface area (Å²) in [5, 5.41) is 0. The molecule has 23 heavy (non-hydrogen) atoms. The maximum Gasteiger partial charge on any atom is 0.309 e. The van der Waals surface area contributed by atoms with Crippen molar-refractivity contribution in [1.29, 1.82) is 0 Å². The van der Waals surface area contributed by atoms with Crippen LogP contribution in [0.5, 0.6) is 0 Å². The molecule has 1 aromatic carbocycles. The summed E-state index contributed by atoms with van der Waals surface area (Å²) in [6.07, 6.45) is 4.41. The molecule has 0 unspecified atom stereocenters. The van der Waals surface area contributed by atoms with Gasteiger partial charge in [-0.1, -0.05) is 51.1 Å². The van der Waals surface area contributed by atoms with E-state index in [-0.39, 0.29) is 11.9 Å². The van der Waals surface area contributed by atoms with E-state index in [0.29, 0.717) is 11.8 Å². The normalized spacial score (nSPS) is 15.7. The van der Waals surface area contributed by atoms with Crippen LogP contribution in [0.1, 0.15) is 66.4 Å². The summed E-state index contributed by atoms with van der Waals surface area (Å²) < 4.78 is 5.47. The Hall–Kier alpha value is -1.31. The summed E-state index contributed by atoms with van der Waals surface area (Å²) in [5.41, 5.74) is 1.02. The molecule has 0 N–H and O–H groups in total. The Balaban J connectivity index is 2.31. The number of benzene rings is 1. The summed E-state index contributed by atoms with van der Waals surface area (Å²) >= 11 is 0. The van der Waals surface area contributed by atoms with Gasteiger partial charge in [0.1, 0.15) is 5.60 Å². The molecule has 1 aromatic rings. The molecule has 1 rings (SSSR count). The lowest BCUT2D eigenvalue weighted by molar-refractivity contribution is -0.160. The molecule has 2 heteroatoms. The van der Waals surface area contributed by atoms with E-state index < -0.39 is 5.60 Å². The Morgan fingerprint density at radius 1 is 1.00 bits per heavy atom. The van der Waals surface area contributed by atoms with Crippen LogP contribution in [0.25, 0.3) is 0 Å². The van der Waals surface area contributed by atoms with E-state index in [1.807, 2.05) is 27.7 Å². The number of carbonyl (C=O) groups excluding carboxylic acids is 1. The molecule has 3 atom stereocenters. The summed E-state index contributed by atoms with van der Waals surface area (Å²) in [4.78, 5) is 12.1. The van der Waals surface area contributed by atoms with Gasteiger partial charge in [-0.25, -0.2) is 0 Å². The molecule has 0 amide bonds. The van der Waals surface area contributed by atoms with Crippen LogP contribution in [0, 0.1) is 17.8 Å². The summed E-state index contributed by atoms with van der Waals surface area (Å²) in [6.45, 7) is 12.3. The Morgan fingerprint density at radius 3 is 2.17 bits per heavy atom. The number of aryl methyl sites for hydroxylation is 1. The standard InChI is InChI=1S/C21H34O2/c1-16(12-13-19-10-8-7-9-11-19)14-17(2)15-18(3)20(22)23-21(4,5)6/h7-11,16-18H,12-15H2,1-6H3/t16-,17+,18+/m1/s1. The molecular weight excluding hydrogens is 284 g/mol. The lowest BCUT2D eigenvalue weighted by Crippen LogP contribution is -2.28. The van der Waals surface area contributed by atoms with Crippen molar-refractivity contribution >= 4 is 5.97 Å². The number of hydrogen-bond acceptors (Lipinski definition) is 2. The number of ether oxygens (including phenoxy) is 1. The molecule has 0 radical (unpaired) electrons. The van der Waals surface area contributed by atoms with Gasteiger partial charge in [0.05, 0.1) is 5.92 Å². The van der Waals surface area contributed by atoms with Crippen molar-refractivity contribution in [2.75, 3.05) is 0 Å². The molecule has 0 aliphatic rings. The molecule has 130 valence electrons. The predicted molar refractivity (Wildman–Crippen MR) is 97.3 cm³/mol. The van der Waals surface area contributed by atoms with Gasteiger partial charge in [-0.15, -0.1) is 0 Å². The first-order valence-corrected chi connectivity index (χ1v) is 8.94. The lowest BCUT2D eigenvalue weighted by Gasteiger charge is -2.24. The van der Waals surface area contributed by atoms with E-state index in [4.69, 9.17) is 4.74 Å². The van der Waals surface area contributed by atoms with Gasteiger partial charge in [-0.3, -0.25) is 4.79 Å². The largest absolute Gasteiger partial charge is 0.460 e. The smallest absolute Gasteiger partial charge is 0.309 e. The molecule has 2 nitrogen and oxygen atoms in total. The highest BCUT2D eigenvalue weighted by Crippen LogP contribution is 2.24. The zero-order valence-corrected chi connectivity index (χ0v) is 15.8. The van der Waals surface area contributed by atoms with Crippen molar-refractivity contribution in [3.63, 3.8) is 0 Å². The first-order chi connectivity index (χ1) is 10.7. The first-order valence-electron chi connectivity index (χ1n) is 8.94. The van der Waals surface area contributed by atoms with Crippen molar-refractivity contribution < 1.29 is 9.53 Å². The highest BCUT2D eigenvalue weighted by atomic mass is 16.6. The zero-order chi connectivity index (χ0) is 17.5. The number of esters is 1. The second-order valence-electron chi connectivity index (χ2n) is 8.14. The maximum atomic E-state index is 12.1. The van der Waals surface area contributed by atoms with Crippen molar-refractivity contribution in [3.05, 3.63) is 35.9 Å². The van der Waals surface area contributed by atoms with Gasteiger partial charge in [0.2, 0.25) is 0 Å². The minimum Gasteiger partial charge on any atom is -0.460 e. The van der Waals surface area contributed by atoms with E-state index in [1.165, 1.54) is 18.4 Å². The van der Waals surface area contributed by atoms with Crippen molar-refractivity contribution in [1.82, 2.24) is 0 Å². The molecule has 0 fully saturated rings. The fourth-order valence-electron chi connectivity index (χ4n) is 3.06. The molecule has 0 spiro atoms. The van der Waals surface area contributed by atoms with Gasteiger partial charge in [0.15, 0.2) is 0 Å². The van der Waals surface area contributed by atoms with Crippen LogP contribution in [0.2, 0.25) is 0 Å². The zero-order valence-electron chi connectivity index (χ0n) is 15.8. The average molecular weight is 319 g/mol. The highest BCUT2D eigenvalue weighted by molar-refractivity contribution is 5.72. The van der Waals surface area contributed by atoms with Crippen LogP contribution in [0.15, 0.2) is 30.3 Å². The van der Waals surface area contributed by atoms with Crippen LogP contribution in [0.3, 0.4) is 0 Å². The predicted octanol–water partition coefficient (Wildman–Crippen LogP) is 5.65. The van der Waals surface area contributed by atoms with Crippen LogP contribution >= 0.6 is 0 Å². The van der Waals surface area contributed by atoms with Gasteiger partial charge in [-0.05, 0) is 63.9 Å². The van der Waals surface area contributed by atoms with Crippen LogP contribution in [-0.2, 0) is 16.0 Å². The molecule has 0 aliphatic carbocycles.